The minimum Gasteiger partial charge on any atom is -0.508 e. The molecule has 2 aromatic carbocycles. The van der Waals surface area contributed by atoms with Crippen molar-refractivity contribution < 1.29 is 9.90 Å². The maximum absolute atomic E-state index is 12.0. The summed E-state index contributed by atoms with van der Waals surface area (Å²) in [4.78, 5) is 17.0. The Bertz CT molecular complexity index is 829. The Morgan fingerprint density at radius 2 is 1.96 bits per heavy atom. The van der Waals surface area contributed by atoms with Gasteiger partial charge in [-0.1, -0.05) is 35.9 Å². The number of benzene rings is 2. The zero-order chi connectivity index (χ0) is 16.4. The Balaban J connectivity index is 1.86. The first-order chi connectivity index (χ1) is 11.0. The Morgan fingerprint density at radius 1 is 1.22 bits per heavy atom. The normalized spacial score (nSPS) is 17.7. The second kappa shape index (κ2) is 6.48. The highest BCUT2D eigenvalue weighted by Crippen LogP contribution is 2.32. The molecule has 6 heteroatoms. The molecule has 0 spiro atoms. The van der Waals surface area contributed by atoms with Gasteiger partial charge in [-0.15, -0.1) is 0 Å². The van der Waals surface area contributed by atoms with Crippen LogP contribution in [0.2, 0.25) is 5.02 Å². The van der Waals surface area contributed by atoms with Crippen molar-refractivity contribution in [3.63, 3.8) is 0 Å². The van der Waals surface area contributed by atoms with E-state index in [-0.39, 0.29) is 11.7 Å². The van der Waals surface area contributed by atoms with Crippen molar-refractivity contribution in [2.24, 2.45) is 4.99 Å². The molecule has 1 heterocycles. The van der Waals surface area contributed by atoms with Crippen LogP contribution in [0, 0.1) is 6.92 Å². The lowest BCUT2D eigenvalue weighted by Gasteiger charge is -2.02. The van der Waals surface area contributed by atoms with Crippen LogP contribution in [0.25, 0.3) is 6.08 Å². The maximum atomic E-state index is 12.0. The molecule has 0 aromatic heterocycles. The van der Waals surface area contributed by atoms with Gasteiger partial charge in [-0.3, -0.25) is 4.79 Å². The number of thioether (sulfide) groups is 1. The van der Waals surface area contributed by atoms with E-state index in [1.54, 1.807) is 36.4 Å². The highest BCUT2D eigenvalue weighted by atomic mass is 35.5. The summed E-state index contributed by atoms with van der Waals surface area (Å²) < 4.78 is 0. The molecule has 0 unspecified atom stereocenters. The van der Waals surface area contributed by atoms with E-state index < -0.39 is 0 Å². The Labute approximate surface area is 142 Å². The van der Waals surface area contributed by atoms with Crippen LogP contribution >= 0.6 is 23.4 Å². The number of carbonyl (C=O) groups is 1. The fourth-order valence-corrected chi connectivity index (χ4v) is 3.03. The molecule has 1 aliphatic heterocycles. The van der Waals surface area contributed by atoms with E-state index in [0.29, 0.717) is 20.8 Å². The van der Waals surface area contributed by atoms with Gasteiger partial charge in [-0.05, 0) is 54.1 Å². The summed E-state index contributed by atoms with van der Waals surface area (Å²) in [6.45, 7) is 1.91. The fourth-order valence-electron chi connectivity index (χ4n) is 2.03. The van der Waals surface area contributed by atoms with Crippen LogP contribution in [0.15, 0.2) is 52.4 Å². The number of hydrogen-bond donors (Lipinski definition) is 2. The maximum Gasteiger partial charge on any atom is 0.264 e. The molecule has 0 bridgehead atoms. The topological polar surface area (TPSA) is 61.7 Å². The molecule has 2 aromatic rings. The molecule has 0 aliphatic carbocycles. The number of amides is 1. The number of hydrogen-bond acceptors (Lipinski definition) is 4. The van der Waals surface area contributed by atoms with Crippen LogP contribution in [-0.2, 0) is 4.79 Å². The third-order valence-corrected chi connectivity index (χ3v) is 4.64. The lowest BCUT2D eigenvalue weighted by Crippen LogP contribution is -2.19. The van der Waals surface area contributed by atoms with Crippen LogP contribution < -0.4 is 5.32 Å². The average molecular weight is 345 g/mol. The standard InChI is InChI=1S/C17H13ClN2O2S/c1-10-3-2-4-13(15(10)18)19-17-20-16(22)14(23-17)9-11-5-7-12(21)8-6-11/h2-9,21H,1H3,(H,19,20,22). The monoisotopic (exact) mass is 344 g/mol. The van der Waals surface area contributed by atoms with Crippen molar-refractivity contribution >= 4 is 46.2 Å². The third kappa shape index (κ3) is 3.57. The smallest absolute Gasteiger partial charge is 0.264 e. The predicted octanol–water partition coefficient (Wildman–Crippen LogP) is 4.25. The average Bonchev–Trinajstić information content (AvgIpc) is 2.86. The van der Waals surface area contributed by atoms with Gasteiger partial charge in [0, 0.05) is 0 Å². The summed E-state index contributed by atoms with van der Waals surface area (Å²) in [5.41, 5.74) is 2.39. The number of phenolic OH excluding ortho intramolecular Hbond substituents is 1. The van der Waals surface area contributed by atoms with Crippen LogP contribution in [0.4, 0.5) is 5.69 Å². The van der Waals surface area contributed by atoms with Gasteiger partial charge in [0.1, 0.15) is 5.75 Å². The highest BCUT2D eigenvalue weighted by molar-refractivity contribution is 8.18. The molecular formula is C17H13ClN2O2S. The second-order valence-corrected chi connectivity index (χ2v) is 6.39. The number of carbonyl (C=O) groups excluding carboxylic acids is 1. The van der Waals surface area contributed by atoms with Gasteiger partial charge >= 0.3 is 0 Å². The molecule has 2 N–H and O–H groups in total. The first-order valence-electron chi connectivity index (χ1n) is 6.86. The number of nitrogens with one attached hydrogen (secondary N) is 1. The lowest BCUT2D eigenvalue weighted by molar-refractivity contribution is -0.115. The van der Waals surface area contributed by atoms with E-state index >= 15 is 0 Å². The number of nitrogens with zero attached hydrogens (tertiary/aromatic N) is 1. The van der Waals surface area contributed by atoms with E-state index in [1.807, 2.05) is 19.1 Å². The molecule has 4 nitrogen and oxygen atoms in total. The summed E-state index contributed by atoms with van der Waals surface area (Å²) in [5, 5.41) is 13.1. The van der Waals surface area contributed by atoms with Crippen molar-refractivity contribution in [2.75, 3.05) is 0 Å². The summed E-state index contributed by atoms with van der Waals surface area (Å²) in [5.74, 6) is -0.0161. The molecule has 1 fully saturated rings. The minimum atomic E-state index is -0.203. The molecule has 3 rings (SSSR count). The molecule has 0 saturated carbocycles. The Morgan fingerprint density at radius 3 is 2.70 bits per heavy atom. The number of aromatic hydroxyl groups is 1. The predicted molar refractivity (Wildman–Crippen MR) is 95.1 cm³/mol. The molecule has 0 radical (unpaired) electrons. The van der Waals surface area contributed by atoms with Gasteiger partial charge in [0.2, 0.25) is 0 Å². The number of aryl methyl sites for hydroxylation is 1. The number of aliphatic imine (C=N–C) groups is 1. The van der Waals surface area contributed by atoms with Gasteiger partial charge in [0.25, 0.3) is 5.91 Å². The van der Waals surface area contributed by atoms with Crippen molar-refractivity contribution in [3.8, 4) is 5.75 Å². The Hall–Kier alpha value is -2.24. The molecule has 0 atom stereocenters. The summed E-state index contributed by atoms with van der Waals surface area (Å²) in [7, 11) is 0. The van der Waals surface area contributed by atoms with Gasteiger partial charge < -0.3 is 10.4 Å². The van der Waals surface area contributed by atoms with Gasteiger partial charge in [0.05, 0.1) is 15.6 Å². The van der Waals surface area contributed by atoms with Crippen LogP contribution in [0.3, 0.4) is 0 Å². The largest absolute Gasteiger partial charge is 0.508 e. The van der Waals surface area contributed by atoms with Crippen molar-refractivity contribution in [1.29, 1.82) is 0 Å². The van der Waals surface area contributed by atoms with E-state index in [2.05, 4.69) is 10.3 Å². The highest BCUT2D eigenvalue weighted by Gasteiger charge is 2.24. The van der Waals surface area contributed by atoms with Gasteiger partial charge in [-0.2, -0.15) is 0 Å². The summed E-state index contributed by atoms with van der Waals surface area (Å²) in [6.07, 6.45) is 1.75. The van der Waals surface area contributed by atoms with Crippen LogP contribution in [-0.4, -0.2) is 16.2 Å². The summed E-state index contributed by atoms with van der Waals surface area (Å²) >= 11 is 7.48. The van der Waals surface area contributed by atoms with E-state index in [4.69, 9.17) is 11.6 Å². The zero-order valence-corrected chi connectivity index (χ0v) is 13.8. The minimum absolute atomic E-state index is 0.187. The molecule has 1 saturated heterocycles. The third-order valence-electron chi connectivity index (χ3n) is 3.24. The van der Waals surface area contributed by atoms with Crippen LogP contribution in [0.5, 0.6) is 5.75 Å². The summed E-state index contributed by atoms with van der Waals surface area (Å²) in [6, 6.07) is 12.2. The quantitative estimate of drug-likeness (QED) is 0.801. The van der Waals surface area contributed by atoms with E-state index in [1.165, 1.54) is 11.8 Å². The molecule has 116 valence electrons. The van der Waals surface area contributed by atoms with Crippen molar-refractivity contribution in [2.45, 2.75) is 6.92 Å². The number of halogens is 1. The van der Waals surface area contributed by atoms with Crippen molar-refractivity contribution in [1.82, 2.24) is 5.32 Å². The van der Waals surface area contributed by atoms with Gasteiger partial charge in [-0.25, -0.2) is 4.99 Å². The zero-order valence-electron chi connectivity index (χ0n) is 12.2. The first-order valence-corrected chi connectivity index (χ1v) is 8.06. The number of rotatable bonds is 2. The number of phenols is 1. The molecule has 1 aliphatic rings. The lowest BCUT2D eigenvalue weighted by atomic mass is 10.2. The van der Waals surface area contributed by atoms with E-state index in [0.717, 1.165) is 11.1 Å². The van der Waals surface area contributed by atoms with Crippen molar-refractivity contribution in [3.05, 3.63) is 63.5 Å². The Kier molecular flexibility index (Phi) is 4.41. The molecule has 1 amide bonds. The second-order valence-electron chi connectivity index (χ2n) is 4.98. The van der Waals surface area contributed by atoms with E-state index in [9.17, 15) is 9.90 Å². The number of amidine groups is 1. The first kappa shape index (κ1) is 15.6. The van der Waals surface area contributed by atoms with Gasteiger partial charge in [0.15, 0.2) is 5.17 Å². The fraction of sp³-hybridized carbons (Fsp3) is 0.0588. The molecular weight excluding hydrogens is 332 g/mol. The van der Waals surface area contributed by atoms with Crippen LogP contribution in [0.1, 0.15) is 11.1 Å². The molecule has 23 heavy (non-hydrogen) atoms. The SMILES string of the molecule is Cc1cccc(N=C2NC(=O)C(=Cc3ccc(O)cc3)S2)c1Cl.